The Balaban J connectivity index is 3.03. The summed E-state index contributed by atoms with van der Waals surface area (Å²) in [4.78, 5) is 23.2. The minimum atomic E-state index is -0.286. The minimum absolute atomic E-state index is 0.150. The molecule has 2 N–H and O–H groups in total. The molecule has 0 unspecified atom stereocenters. The van der Waals surface area contributed by atoms with Gasteiger partial charge in [0.15, 0.2) is 11.6 Å². The van der Waals surface area contributed by atoms with Gasteiger partial charge in [0.2, 0.25) is 0 Å². The van der Waals surface area contributed by atoms with Gasteiger partial charge in [-0.05, 0) is 44.2 Å². The molecular weight excluding hydrogens is 256 g/mol. The number of hydrogen-bond donors (Lipinski definition) is 2. The van der Waals surface area contributed by atoms with Gasteiger partial charge in [0.05, 0.1) is 16.5 Å². The van der Waals surface area contributed by atoms with E-state index in [4.69, 9.17) is 0 Å². The Kier molecular flexibility index (Phi) is 3.26. The molecule has 0 spiro atoms. The number of phenols is 2. The lowest BCUT2D eigenvalue weighted by atomic mass is 9.92. The topological polar surface area (TPSA) is 74.6 Å². The Bertz CT molecular complexity index is 696. The molecule has 0 radical (unpaired) electrons. The van der Waals surface area contributed by atoms with Gasteiger partial charge in [-0.1, -0.05) is 12.1 Å². The number of hydrogen-bond acceptors (Lipinski definition) is 4. The van der Waals surface area contributed by atoms with Gasteiger partial charge in [-0.25, -0.2) is 0 Å². The lowest BCUT2D eigenvalue weighted by molar-refractivity contribution is 0.100. The second kappa shape index (κ2) is 4.63. The highest BCUT2D eigenvalue weighted by Gasteiger charge is 2.21. The van der Waals surface area contributed by atoms with Crippen LogP contribution in [-0.4, -0.2) is 21.8 Å². The number of phenolic OH excluding ortho intramolecular Hbond substituents is 2. The maximum Gasteiger partial charge on any atom is 0.163 e. The van der Waals surface area contributed by atoms with Gasteiger partial charge in [-0.15, -0.1) is 0 Å². The van der Waals surface area contributed by atoms with Crippen LogP contribution in [0.15, 0.2) is 12.1 Å². The van der Waals surface area contributed by atoms with Crippen LogP contribution in [0.5, 0.6) is 11.5 Å². The van der Waals surface area contributed by atoms with Crippen molar-refractivity contribution in [2.45, 2.75) is 27.7 Å². The summed E-state index contributed by atoms with van der Waals surface area (Å²) in [6.07, 6.45) is 0. The summed E-state index contributed by atoms with van der Waals surface area (Å²) >= 11 is 0. The predicted molar refractivity (Wildman–Crippen MR) is 76.8 cm³/mol. The number of Topliss-reactive ketones (excluding diaryl/α,β-unsaturated/α-hetero) is 2. The van der Waals surface area contributed by atoms with E-state index in [1.165, 1.54) is 13.8 Å². The first-order valence-electron chi connectivity index (χ1n) is 6.26. The third-order valence-corrected chi connectivity index (χ3v) is 3.47. The molecule has 2 rings (SSSR count). The first-order valence-corrected chi connectivity index (χ1v) is 6.26. The highest BCUT2D eigenvalue weighted by molar-refractivity contribution is 6.11. The highest BCUT2D eigenvalue weighted by Crippen LogP contribution is 2.40. The molecule has 0 saturated carbocycles. The van der Waals surface area contributed by atoms with Crippen LogP contribution in [-0.2, 0) is 0 Å². The van der Waals surface area contributed by atoms with Gasteiger partial charge in [0, 0.05) is 0 Å². The molecule has 0 aliphatic carbocycles. The molecule has 4 nitrogen and oxygen atoms in total. The monoisotopic (exact) mass is 272 g/mol. The zero-order chi connectivity index (χ0) is 15.2. The molecule has 0 fully saturated rings. The van der Waals surface area contributed by atoms with E-state index in [-0.39, 0.29) is 39.6 Å². The molecule has 0 aromatic heterocycles. The van der Waals surface area contributed by atoms with Gasteiger partial charge < -0.3 is 10.2 Å². The molecule has 0 amide bonds. The molecule has 2 aromatic carbocycles. The standard InChI is InChI=1S/C16H16O4/c1-7-5-11-6-8(2)13(10(4)18)16(20)14(11)15(19)12(7)9(3)17/h5-6,19-20H,1-4H3. The van der Waals surface area contributed by atoms with Crippen molar-refractivity contribution >= 4 is 22.3 Å². The van der Waals surface area contributed by atoms with Gasteiger partial charge >= 0.3 is 0 Å². The molecule has 4 heteroatoms. The average Bonchev–Trinajstić information content (AvgIpc) is 2.25. The largest absolute Gasteiger partial charge is 0.506 e. The van der Waals surface area contributed by atoms with Gasteiger partial charge in [-0.3, -0.25) is 9.59 Å². The molecule has 0 aliphatic rings. The molecule has 0 aliphatic heterocycles. The first kappa shape index (κ1) is 14.1. The number of carbonyl (C=O) groups is 2. The Morgan fingerprint density at radius 3 is 1.50 bits per heavy atom. The summed E-state index contributed by atoms with van der Waals surface area (Å²) in [5.41, 5.74) is 1.62. The number of ketones is 2. The van der Waals surface area contributed by atoms with Crippen molar-refractivity contribution in [3.05, 3.63) is 34.4 Å². The number of aryl methyl sites for hydroxylation is 2. The van der Waals surface area contributed by atoms with E-state index in [0.717, 1.165) is 0 Å². The fourth-order valence-electron chi connectivity index (χ4n) is 2.69. The summed E-state index contributed by atoms with van der Waals surface area (Å²) in [7, 11) is 0. The second-order valence-corrected chi connectivity index (χ2v) is 5.04. The molecule has 0 bridgehead atoms. The average molecular weight is 272 g/mol. The van der Waals surface area contributed by atoms with E-state index in [1.54, 1.807) is 26.0 Å². The van der Waals surface area contributed by atoms with Crippen LogP contribution in [0.2, 0.25) is 0 Å². The smallest absolute Gasteiger partial charge is 0.163 e. The second-order valence-electron chi connectivity index (χ2n) is 5.04. The van der Waals surface area contributed by atoms with Crippen LogP contribution in [0.25, 0.3) is 10.8 Å². The van der Waals surface area contributed by atoms with Crippen molar-refractivity contribution in [1.29, 1.82) is 0 Å². The summed E-state index contributed by atoms with van der Waals surface area (Å²) in [5.74, 6) is -1.11. The van der Waals surface area contributed by atoms with Crippen LogP contribution in [0, 0.1) is 13.8 Å². The molecule has 0 heterocycles. The molecule has 2 aromatic rings. The van der Waals surface area contributed by atoms with Gasteiger partial charge in [0.1, 0.15) is 11.5 Å². The number of rotatable bonds is 2. The summed E-state index contributed by atoms with van der Waals surface area (Å²) in [6.45, 7) is 6.15. The Morgan fingerprint density at radius 2 is 1.20 bits per heavy atom. The zero-order valence-corrected chi connectivity index (χ0v) is 11.9. The summed E-state index contributed by atoms with van der Waals surface area (Å²) in [5, 5.41) is 21.3. The Hall–Kier alpha value is -2.36. The van der Waals surface area contributed by atoms with E-state index in [2.05, 4.69) is 0 Å². The maximum atomic E-state index is 11.6. The fourth-order valence-corrected chi connectivity index (χ4v) is 2.69. The van der Waals surface area contributed by atoms with E-state index in [0.29, 0.717) is 16.5 Å². The highest BCUT2D eigenvalue weighted by atomic mass is 16.3. The molecular formula is C16H16O4. The van der Waals surface area contributed by atoms with Crippen LogP contribution in [0.4, 0.5) is 0 Å². The van der Waals surface area contributed by atoms with Gasteiger partial charge in [0.25, 0.3) is 0 Å². The Morgan fingerprint density at radius 1 is 0.850 bits per heavy atom. The fraction of sp³-hybridized carbons (Fsp3) is 0.250. The number of carbonyl (C=O) groups excluding carboxylic acids is 2. The Labute approximate surface area is 116 Å². The lowest BCUT2D eigenvalue weighted by Gasteiger charge is -2.14. The third-order valence-electron chi connectivity index (χ3n) is 3.47. The van der Waals surface area contributed by atoms with Crippen LogP contribution < -0.4 is 0 Å². The third kappa shape index (κ3) is 1.93. The zero-order valence-electron chi connectivity index (χ0n) is 11.9. The van der Waals surface area contributed by atoms with Crippen molar-refractivity contribution in [2.24, 2.45) is 0 Å². The predicted octanol–water partition coefficient (Wildman–Crippen LogP) is 3.27. The molecule has 104 valence electrons. The quantitative estimate of drug-likeness (QED) is 0.823. The van der Waals surface area contributed by atoms with Crippen molar-refractivity contribution in [2.75, 3.05) is 0 Å². The lowest BCUT2D eigenvalue weighted by Crippen LogP contribution is -2.01. The van der Waals surface area contributed by atoms with Crippen molar-refractivity contribution in [1.82, 2.24) is 0 Å². The SMILES string of the molecule is CC(=O)c1c(C)cc2cc(C)c(C(C)=O)c(O)c2c1O. The maximum absolute atomic E-state index is 11.6. The van der Waals surface area contributed by atoms with Gasteiger partial charge in [-0.2, -0.15) is 0 Å². The summed E-state index contributed by atoms with van der Waals surface area (Å²) in [6, 6.07) is 3.45. The van der Waals surface area contributed by atoms with Crippen molar-refractivity contribution in [3.63, 3.8) is 0 Å². The molecule has 0 saturated heterocycles. The van der Waals surface area contributed by atoms with Crippen LogP contribution in [0.3, 0.4) is 0 Å². The van der Waals surface area contributed by atoms with Crippen LogP contribution in [0.1, 0.15) is 45.7 Å². The van der Waals surface area contributed by atoms with E-state index < -0.39 is 0 Å². The van der Waals surface area contributed by atoms with Crippen molar-refractivity contribution in [3.8, 4) is 11.5 Å². The van der Waals surface area contributed by atoms with E-state index >= 15 is 0 Å². The summed E-state index contributed by atoms with van der Waals surface area (Å²) < 4.78 is 0. The molecule has 0 atom stereocenters. The van der Waals surface area contributed by atoms with Crippen molar-refractivity contribution < 1.29 is 19.8 Å². The van der Waals surface area contributed by atoms with Crippen LogP contribution >= 0.6 is 0 Å². The van der Waals surface area contributed by atoms with E-state index in [9.17, 15) is 19.8 Å². The minimum Gasteiger partial charge on any atom is -0.506 e. The number of benzene rings is 2. The van der Waals surface area contributed by atoms with E-state index in [1.807, 2.05) is 0 Å². The number of aromatic hydroxyl groups is 2. The number of fused-ring (bicyclic) bond motifs is 1. The first-order chi connectivity index (χ1) is 9.25. The normalized spacial score (nSPS) is 10.8. The molecule has 20 heavy (non-hydrogen) atoms.